The van der Waals surface area contributed by atoms with Crippen LogP contribution in [0.1, 0.15) is 74.1 Å². The molecule has 5 atom stereocenters. The lowest BCUT2D eigenvalue weighted by Crippen LogP contribution is -2.46. The molecule has 216 valence electrons. The second kappa shape index (κ2) is 10.6. The Labute approximate surface area is 238 Å². The van der Waals surface area contributed by atoms with Crippen LogP contribution in [0.3, 0.4) is 0 Å². The number of carbonyl (C=O) groups is 1. The van der Waals surface area contributed by atoms with E-state index < -0.39 is 28.9 Å². The SMILES string of the molecule is CC(C=C=C1C(C)(C)CC(O)CC1(C)O)=CC=CC=CC=C1C=C(C=CC23OC2(C)CC(O)CC3(C)C)C(=O)O1. The minimum absolute atomic E-state index is 0.248. The van der Waals surface area contributed by atoms with Crippen molar-refractivity contribution in [3.8, 4) is 0 Å². The summed E-state index contributed by atoms with van der Waals surface area (Å²) in [5.74, 6) is 0.0751. The van der Waals surface area contributed by atoms with Crippen LogP contribution in [-0.2, 0) is 14.3 Å². The molecule has 2 saturated carbocycles. The topological polar surface area (TPSA) is 99.5 Å². The van der Waals surface area contributed by atoms with Gasteiger partial charge >= 0.3 is 5.97 Å². The number of esters is 1. The highest BCUT2D eigenvalue weighted by Crippen LogP contribution is 2.66. The Balaban J connectivity index is 1.38. The zero-order chi connectivity index (χ0) is 29.6. The number of epoxide rings is 1. The monoisotopic (exact) mass is 548 g/mol. The molecule has 0 aromatic rings. The summed E-state index contributed by atoms with van der Waals surface area (Å²) < 4.78 is 11.5. The molecule has 2 heterocycles. The molecule has 2 aliphatic carbocycles. The van der Waals surface area contributed by atoms with Crippen molar-refractivity contribution in [3.05, 3.63) is 89.0 Å². The fourth-order valence-corrected chi connectivity index (χ4v) is 7.01. The Morgan fingerprint density at radius 2 is 1.65 bits per heavy atom. The molecule has 3 N–H and O–H groups in total. The van der Waals surface area contributed by atoms with E-state index >= 15 is 0 Å². The molecule has 40 heavy (non-hydrogen) atoms. The molecule has 0 bridgehead atoms. The minimum atomic E-state index is -1.08. The molecule has 0 radical (unpaired) electrons. The summed E-state index contributed by atoms with van der Waals surface area (Å²) in [6.45, 7) is 13.9. The lowest BCUT2D eigenvalue weighted by atomic mass is 9.63. The third kappa shape index (κ3) is 5.97. The first-order valence-electron chi connectivity index (χ1n) is 14.1. The van der Waals surface area contributed by atoms with Gasteiger partial charge < -0.3 is 24.8 Å². The molecule has 0 aromatic carbocycles. The van der Waals surface area contributed by atoms with Crippen molar-refractivity contribution < 1.29 is 29.6 Å². The molecule has 1 saturated heterocycles. The smallest absolute Gasteiger partial charge is 0.343 e. The van der Waals surface area contributed by atoms with E-state index in [0.717, 1.165) is 11.1 Å². The first kappa shape index (κ1) is 30.2. The molecule has 0 amide bonds. The van der Waals surface area contributed by atoms with Gasteiger partial charge in [-0.2, -0.15) is 0 Å². The van der Waals surface area contributed by atoms with Gasteiger partial charge in [0.2, 0.25) is 0 Å². The summed E-state index contributed by atoms with van der Waals surface area (Å²) in [6.07, 6.45) is 19.7. The maximum Gasteiger partial charge on any atom is 0.343 e. The predicted molar refractivity (Wildman–Crippen MR) is 156 cm³/mol. The fourth-order valence-electron chi connectivity index (χ4n) is 7.01. The first-order valence-corrected chi connectivity index (χ1v) is 14.1. The molecule has 4 rings (SSSR count). The van der Waals surface area contributed by atoms with Crippen LogP contribution in [0.15, 0.2) is 89.0 Å². The Kier molecular flexibility index (Phi) is 8.01. The van der Waals surface area contributed by atoms with Gasteiger partial charge in [-0.1, -0.05) is 58.1 Å². The quantitative estimate of drug-likeness (QED) is 0.171. The second-order valence-electron chi connectivity index (χ2n) is 13.5. The van der Waals surface area contributed by atoms with E-state index in [9.17, 15) is 20.1 Å². The van der Waals surface area contributed by atoms with Crippen LogP contribution in [0.4, 0.5) is 0 Å². The number of rotatable bonds is 6. The zero-order valence-electron chi connectivity index (χ0n) is 24.8. The van der Waals surface area contributed by atoms with Crippen molar-refractivity contribution in [2.45, 2.75) is 103 Å². The van der Waals surface area contributed by atoms with E-state index in [1.165, 1.54) is 0 Å². The van der Waals surface area contributed by atoms with Crippen molar-refractivity contribution in [1.29, 1.82) is 0 Å². The number of ether oxygens (including phenoxy) is 2. The second-order valence-corrected chi connectivity index (χ2v) is 13.5. The van der Waals surface area contributed by atoms with E-state index in [-0.39, 0.29) is 16.9 Å². The number of aliphatic hydroxyl groups is 3. The maximum atomic E-state index is 12.4. The summed E-state index contributed by atoms with van der Waals surface area (Å²) in [5, 5.41) is 31.1. The van der Waals surface area contributed by atoms with Crippen LogP contribution >= 0.6 is 0 Å². The predicted octanol–water partition coefficient (Wildman–Crippen LogP) is 5.69. The molecule has 0 aromatic heterocycles. The van der Waals surface area contributed by atoms with Crippen molar-refractivity contribution in [3.63, 3.8) is 0 Å². The average molecular weight is 549 g/mol. The third-order valence-corrected chi connectivity index (χ3v) is 8.74. The van der Waals surface area contributed by atoms with E-state index in [0.29, 0.717) is 37.0 Å². The van der Waals surface area contributed by atoms with Gasteiger partial charge in [0, 0.05) is 23.8 Å². The summed E-state index contributed by atoms with van der Waals surface area (Å²) in [5.41, 5.74) is 2.95. The molecule has 6 nitrogen and oxygen atoms in total. The number of aliphatic hydroxyl groups excluding tert-OH is 2. The van der Waals surface area contributed by atoms with Crippen LogP contribution in [0, 0.1) is 10.8 Å². The maximum absolute atomic E-state index is 12.4. The van der Waals surface area contributed by atoms with Gasteiger partial charge in [-0.3, -0.25) is 0 Å². The number of cyclic esters (lactones) is 1. The summed E-state index contributed by atoms with van der Waals surface area (Å²) in [7, 11) is 0. The van der Waals surface area contributed by atoms with Crippen molar-refractivity contribution in [1.82, 2.24) is 0 Å². The van der Waals surface area contributed by atoms with Gasteiger partial charge in [-0.15, -0.1) is 5.73 Å². The largest absolute Gasteiger partial charge is 0.423 e. The molecular weight excluding hydrogens is 504 g/mol. The van der Waals surface area contributed by atoms with E-state index in [2.05, 4.69) is 19.6 Å². The third-order valence-electron chi connectivity index (χ3n) is 8.74. The number of fused-ring (bicyclic) bond motifs is 1. The number of hydrogen-bond donors (Lipinski definition) is 3. The number of hydrogen-bond acceptors (Lipinski definition) is 6. The molecule has 2 aliphatic heterocycles. The van der Waals surface area contributed by atoms with Gasteiger partial charge in [0.1, 0.15) is 17.0 Å². The van der Waals surface area contributed by atoms with Gasteiger partial charge in [-0.05, 0) is 75.0 Å². The van der Waals surface area contributed by atoms with E-state index in [4.69, 9.17) is 9.47 Å². The first-order chi connectivity index (χ1) is 18.5. The van der Waals surface area contributed by atoms with Crippen LogP contribution in [0.2, 0.25) is 0 Å². The van der Waals surface area contributed by atoms with Gasteiger partial charge in [0.25, 0.3) is 0 Å². The van der Waals surface area contributed by atoms with Gasteiger partial charge in [0.15, 0.2) is 0 Å². The average Bonchev–Trinajstić information content (AvgIpc) is 3.26. The normalized spacial score (nSPS) is 38.1. The Hall–Kier alpha value is -2.73. The molecule has 3 fully saturated rings. The van der Waals surface area contributed by atoms with Gasteiger partial charge in [0.05, 0.1) is 23.4 Å². The Morgan fingerprint density at radius 3 is 2.33 bits per heavy atom. The summed E-state index contributed by atoms with van der Waals surface area (Å²) in [4.78, 5) is 12.4. The molecular formula is C34H44O6. The Morgan fingerprint density at radius 1 is 0.975 bits per heavy atom. The highest BCUT2D eigenvalue weighted by atomic mass is 16.6. The van der Waals surface area contributed by atoms with Crippen molar-refractivity contribution >= 4 is 5.97 Å². The van der Waals surface area contributed by atoms with Crippen molar-refractivity contribution in [2.24, 2.45) is 10.8 Å². The van der Waals surface area contributed by atoms with Crippen molar-refractivity contribution in [2.75, 3.05) is 0 Å². The highest BCUT2D eigenvalue weighted by Gasteiger charge is 2.74. The number of carbonyl (C=O) groups excluding carboxylic acids is 1. The molecule has 4 aliphatic rings. The fraction of sp³-hybridized carbons (Fsp3) is 0.529. The standard InChI is InChI=1S/C34H44O6/c1-23(14-15-28-30(2,3)19-25(35)21-32(28,6)38)12-10-8-9-11-13-27-18-24(29(37)39-27)16-17-34-31(4,5)20-26(36)22-33(34,7)40-34/h8-14,16-18,25-26,35-36,38H,19-22H2,1-7H3. The van der Waals surface area contributed by atoms with Crippen LogP contribution in [0.25, 0.3) is 0 Å². The zero-order valence-corrected chi connectivity index (χ0v) is 24.8. The van der Waals surface area contributed by atoms with Gasteiger partial charge in [-0.25, -0.2) is 4.79 Å². The lowest BCUT2D eigenvalue weighted by molar-refractivity contribution is -0.132. The highest BCUT2D eigenvalue weighted by molar-refractivity contribution is 5.95. The van der Waals surface area contributed by atoms with Crippen LogP contribution < -0.4 is 0 Å². The summed E-state index contributed by atoms with van der Waals surface area (Å²) >= 11 is 0. The van der Waals surface area contributed by atoms with E-state index in [1.54, 1.807) is 25.2 Å². The molecule has 0 spiro atoms. The van der Waals surface area contributed by atoms with E-state index in [1.807, 2.05) is 70.2 Å². The Bertz CT molecular complexity index is 1270. The molecule has 6 heteroatoms. The summed E-state index contributed by atoms with van der Waals surface area (Å²) in [6, 6.07) is 0. The lowest BCUT2D eigenvalue weighted by Gasteiger charge is -2.43. The number of allylic oxidation sites excluding steroid dienone is 8. The van der Waals surface area contributed by atoms with Crippen LogP contribution in [0.5, 0.6) is 0 Å². The molecule has 5 unspecified atom stereocenters. The van der Waals surface area contributed by atoms with Crippen LogP contribution in [-0.4, -0.2) is 50.3 Å². The minimum Gasteiger partial charge on any atom is -0.423 e.